The van der Waals surface area contributed by atoms with Crippen molar-refractivity contribution in [3.8, 4) is 0 Å². The van der Waals surface area contributed by atoms with E-state index >= 15 is 0 Å². The summed E-state index contributed by atoms with van der Waals surface area (Å²) in [7, 11) is 0. The van der Waals surface area contributed by atoms with Crippen LogP contribution < -0.4 is 0 Å². The van der Waals surface area contributed by atoms with E-state index in [1.165, 1.54) is 18.4 Å². The third-order valence-electron chi connectivity index (χ3n) is 4.50. The van der Waals surface area contributed by atoms with E-state index in [-0.39, 0.29) is 11.9 Å². The molecule has 3 heterocycles. The van der Waals surface area contributed by atoms with Gasteiger partial charge in [-0.15, -0.1) is 11.3 Å². The minimum Gasteiger partial charge on any atom is -0.333 e. The second-order valence-electron chi connectivity index (χ2n) is 6.00. The van der Waals surface area contributed by atoms with Crippen LogP contribution in [0.3, 0.4) is 0 Å². The molecular weight excluding hydrogens is 282 g/mol. The third-order valence-corrected chi connectivity index (χ3v) is 5.42. The van der Waals surface area contributed by atoms with Gasteiger partial charge in [-0.2, -0.15) is 5.10 Å². The minimum absolute atomic E-state index is 0.238. The highest BCUT2D eigenvalue weighted by molar-refractivity contribution is 7.12. The average molecular weight is 301 g/mol. The molecule has 0 N–H and O–H groups in total. The fourth-order valence-corrected chi connectivity index (χ4v) is 4.20. The van der Waals surface area contributed by atoms with Crippen LogP contribution in [0.15, 0.2) is 29.9 Å². The van der Waals surface area contributed by atoms with Gasteiger partial charge in [-0.05, 0) is 54.7 Å². The maximum Gasteiger partial charge on any atom is 0.264 e. The second kappa shape index (κ2) is 5.30. The van der Waals surface area contributed by atoms with Gasteiger partial charge in [0, 0.05) is 18.9 Å². The highest BCUT2D eigenvalue weighted by atomic mass is 32.1. The van der Waals surface area contributed by atoms with E-state index in [1.807, 2.05) is 16.9 Å². The first-order valence-corrected chi connectivity index (χ1v) is 8.56. The number of hydrogen-bond acceptors (Lipinski definition) is 3. The Hall–Kier alpha value is -1.62. The molecule has 21 heavy (non-hydrogen) atoms. The van der Waals surface area contributed by atoms with Crippen LogP contribution >= 0.6 is 11.3 Å². The molecule has 4 rings (SSSR count). The summed E-state index contributed by atoms with van der Waals surface area (Å²) >= 11 is 1.61. The molecule has 0 unspecified atom stereocenters. The van der Waals surface area contributed by atoms with Crippen molar-refractivity contribution in [2.24, 2.45) is 0 Å². The van der Waals surface area contributed by atoms with Gasteiger partial charge in [-0.25, -0.2) is 0 Å². The first kappa shape index (κ1) is 13.1. The number of thiophene rings is 1. The van der Waals surface area contributed by atoms with Crippen molar-refractivity contribution in [1.82, 2.24) is 14.7 Å². The molecule has 1 atom stereocenters. The Balaban J connectivity index is 1.53. The predicted molar refractivity (Wildman–Crippen MR) is 82.6 cm³/mol. The summed E-state index contributed by atoms with van der Waals surface area (Å²) in [6, 6.07) is 4.37. The van der Waals surface area contributed by atoms with E-state index < -0.39 is 0 Å². The smallest absolute Gasteiger partial charge is 0.264 e. The van der Waals surface area contributed by atoms with Gasteiger partial charge in [-0.1, -0.05) is 0 Å². The van der Waals surface area contributed by atoms with Gasteiger partial charge in [0.25, 0.3) is 5.91 Å². The van der Waals surface area contributed by atoms with Gasteiger partial charge in [0.05, 0.1) is 17.5 Å². The quantitative estimate of drug-likeness (QED) is 0.870. The summed E-state index contributed by atoms with van der Waals surface area (Å²) in [5.74, 6) is 0.879. The molecule has 0 aromatic carbocycles. The fourth-order valence-electron chi connectivity index (χ4n) is 3.26. The molecule has 4 nitrogen and oxygen atoms in total. The van der Waals surface area contributed by atoms with Crippen molar-refractivity contribution in [3.63, 3.8) is 0 Å². The summed E-state index contributed by atoms with van der Waals surface area (Å²) in [4.78, 5) is 16.0. The molecule has 1 amide bonds. The van der Waals surface area contributed by atoms with E-state index in [0.29, 0.717) is 5.92 Å². The molecule has 5 heteroatoms. The lowest BCUT2D eigenvalue weighted by Gasteiger charge is -2.24. The molecule has 2 fully saturated rings. The normalized spacial score (nSPS) is 21.9. The Morgan fingerprint density at radius 3 is 3.05 bits per heavy atom. The summed E-state index contributed by atoms with van der Waals surface area (Å²) in [5.41, 5.74) is 1.29. The number of carbonyl (C=O) groups excluding carboxylic acids is 1. The standard InChI is InChI=1S/C16H19N3OS/c20-16(15-14(6-10-21-15)12-4-5-12)19-9-1-3-13(19)11-18-8-2-7-17-18/h2,6-8,10,12-13H,1,3-5,9,11H2/t13-/m1/s1. The van der Waals surface area contributed by atoms with Crippen LogP contribution in [0.25, 0.3) is 0 Å². The Morgan fingerprint density at radius 1 is 1.38 bits per heavy atom. The molecule has 2 aliphatic rings. The molecule has 1 saturated carbocycles. The Bertz CT molecular complexity index is 630. The number of rotatable bonds is 4. The van der Waals surface area contributed by atoms with Crippen molar-refractivity contribution in [2.45, 2.75) is 44.2 Å². The van der Waals surface area contributed by atoms with Crippen LogP contribution in [0.5, 0.6) is 0 Å². The lowest BCUT2D eigenvalue weighted by atomic mass is 10.1. The van der Waals surface area contributed by atoms with E-state index in [4.69, 9.17) is 0 Å². The number of amides is 1. The molecule has 1 aliphatic heterocycles. The molecule has 110 valence electrons. The number of likely N-dealkylation sites (tertiary alicyclic amines) is 1. The second-order valence-corrected chi connectivity index (χ2v) is 6.92. The summed E-state index contributed by atoms with van der Waals surface area (Å²) in [6.07, 6.45) is 8.44. The third kappa shape index (κ3) is 2.50. The van der Waals surface area contributed by atoms with E-state index in [9.17, 15) is 4.79 Å². The monoisotopic (exact) mass is 301 g/mol. The van der Waals surface area contributed by atoms with Gasteiger partial charge >= 0.3 is 0 Å². The van der Waals surface area contributed by atoms with Gasteiger partial charge in [0.15, 0.2) is 0 Å². The molecule has 0 radical (unpaired) electrons. The van der Waals surface area contributed by atoms with Crippen molar-refractivity contribution in [1.29, 1.82) is 0 Å². The lowest BCUT2D eigenvalue weighted by molar-refractivity contribution is 0.0725. The van der Waals surface area contributed by atoms with Crippen molar-refractivity contribution < 1.29 is 4.79 Å². The summed E-state index contributed by atoms with van der Waals surface area (Å²) < 4.78 is 1.94. The molecule has 0 bridgehead atoms. The van der Waals surface area contributed by atoms with Crippen LogP contribution in [0.1, 0.15) is 46.8 Å². The van der Waals surface area contributed by atoms with Gasteiger partial charge < -0.3 is 4.90 Å². The molecular formula is C16H19N3OS. The first-order valence-electron chi connectivity index (χ1n) is 7.68. The number of aromatic nitrogens is 2. The maximum absolute atomic E-state index is 12.9. The predicted octanol–water partition coefficient (Wildman–Crippen LogP) is 3.13. The lowest BCUT2D eigenvalue weighted by Crippen LogP contribution is -2.38. The van der Waals surface area contributed by atoms with Gasteiger partial charge in [0.1, 0.15) is 0 Å². The largest absolute Gasteiger partial charge is 0.333 e. The Morgan fingerprint density at radius 2 is 2.29 bits per heavy atom. The number of carbonyl (C=O) groups is 1. The number of nitrogens with zero attached hydrogens (tertiary/aromatic N) is 3. The van der Waals surface area contributed by atoms with Crippen LogP contribution in [-0.2, 0) is 6.54 Å². The van der Waals surface area contributed by atoms with E-state index in [0.717, 1.165) is 30.8 Å². The summed E-state index contributed by atoms with van der Waals surface area (Å²) in [6.45, 7) is 1.69. The number of hydrogen-bond donors (Lipinski definition) is 0. The van der Waals surface area contributed by atoms with Crippen molar-refractivity contribution >= 4 is 17.2 Å². The zero-order chi connectivity index (χ0) is 14.2. The molecule has 1 aliphatic carbocycles. The van der Waals surface area contributed by atoms with Crippen LogP contribution in [-0.4, -0.2) is 33.2 Å². The Kier molecular flexibility index (Phi) is 3.30. The highest BCUT2D eigenvalue weighted by Gasteiger charge is 2.34. The molecule has 1 saturated heterocycles. The molecule has 2 aromatic heterocycles. The molecule has 0 spiro atoms. The average Bonchev–Trinajstić information content (AvgIpc) is 2.96. The highest BCUT2D eigenvalue weighted by Crippen LogP contribution is 2.43. The SMILES string of the molecule is O=C(c1sccc1C1CC1)N1CCC[C@@H]1Cn1cccn1. The van der Waals surface area contributed by atoms with E-state index in [1.54, 1.807) is 17.5 Å². The van der Waals surface area contributed by atoms with Gasteiger partial charge in [-0.3, -0.25) is 9.48 Å². The van der Waals surface area contributed by atoms with Gasteiger partial charge in [0.2, 0.25) is 0 Å². The fraction of sp³-hybridized carbons (Fsp3) is 0.500. The van der Waals surface area contributed by atoms with Crippen molar-refractivity contribution in [3.05, 3.63) is 40.3 Å². The zero-order valence-corrected chi connectivity index (χ0v) is 12.8. The first-order chi connectivity index (χ1) is 10.3. The van der Waals surface area contributed by atoms with Crippen LogP contribution in [0.2, 0.25) is 0 Å². The Labute approximate surface area is 128 Å². The van der Waals surface area contributed by atoms with Crippen molar-refractivity contribution in [2.75, 3.05) is 6.54 Å². The summed E-state index contributed by atoms with van der Waals surface area (Å²) in [5, 5.41) is 6.34. The molecule has 2 aromatic rings. The van der Waals surface area contributed by atoms with E-state index in [2.05, 4.69) is 21.4 Å². The zero-order valence-electron chi connectivity index (χ0n) is 11.9. The van der Waals surface area contributed by atoms with Crippen LogP contribution in [0.4, 0.5) is 0 Å². The maximum atomic E-state index is 12.9. The van der Waals surface area contributed by atoms with Crippen LogP contribution in [0, 0.1) is 0 Å². The minimum atomic E-state index is 0.238. The topological polar surface area (TPSA) is 38.1 Å².